The first-order valence-corrected chi connectivity index (χ1v) is 14.9. The fraction of sp³-hybridized carbons (Fsp3) is 0.500. The van der Waals surface area contributed by atoms with Gasteiger partial charge in [-0.15, -0.1) is 0 Å². The van der Waals surface area contributed by atoms with E-state index in [0.29, 0.717) is 52.0 Å². The molecule has 0 spiro atoms. The van der Waals surface area contributed by atoms with Crippen molar-refractivity contribution in [2.24, 2.45) is 4.99 Å². The van der Waals surface area contributed by atoms with Gasteiger partial charge in [0, 0.05) is 47.5 Å². The first-order chi connectivity index (χ1) is 18.9. The topological polar surface area (TPSA) is 74.5 Å². The van der Waals surface area contributed by atoms with Gasteiger partial charge in [-0.1, -0.05) is 55.0 Å². The molecular weight excluding hydrogens is 531 g/mol. The number of halogens is 2. The molecule has 1 aliphatic heterocycles. The molecule has 208 valence electrons. The lowest BCUT2D eigenvalue weighted by atomic mass is 10.1. The van der Waals surface area contributed by atoms with Gasteiger partial charge >= 0.3 is 0 Å². The van der Waals surface area contributed by atoms with Crippen LogP contribution in [0.5, 0.6) is 0 Å². The summed E-state index contributed by atoms with van der Waals surface area (Å²) in [6.45, 7) is 6.73. The van der Waals surface area contributed by atoms with Gasteiger partial charge in [0.25, 0.3) is 5.56 Å². The lowest BCUT2D eigenvalue weighted by Gasteiger charge is -2.38. The number of aliphatic imine (C=N–C) groups is 1. The molecule has 5 rings (SSSR count). The second-order valence-corrected chi connectivity index (χ2v) is 11.9. The van der Waals surface area contributed by atoms with E-state index in [4.69, 9.17) is 28.2 Å². The van der Waals surface area contributed by atoms with Crippen molar-refractivity contribution in [1.29, 1.82) is 0 Å². The average molecular weight is 570 g/mol. The third kappa shape index (κ3) is 7.13. The Morgan fingerprint density at radius 1 is 1.05 bits per heavy atom. The number of benzene rings is 2. The minimum Gasteiger partial charge on any atom is -0.340 e. The maximum atomic E-state index is 13.2. The number of hydrogen-bond donors (Lipinski definition) is 2. The predicted octanol–water partition coefficient (Wildman–Crippen LogP) is 6.12. The smallest absolute Gasteiger partial charge is 0.261 e. The van der Waals surface area contributed by atoms with Crippen LogP contribution in [-0.4, -0.2) is 51.6 Å². The first-order valence-electron chi connectivity index (χ1n) is 14.1. The maximum Gasteiger partial charge on any atom is 0.261 e. The van der Waals surface area contributed by atoms with Crippen LogP contribution < -0.4 is 16.2 Å². The highest BCUT2D eigenvalue weighted by Gasteiger charge is 2.25. The fourth-order valence-corrected chi connectivity index (χ4v) is 6.25. The van der Waals surface area contributed by atoms with Crippen LogP contribution in [0.1, 0.15) is 57.9 Å². The summed E-state index contributed by atoms with van der Waals surface area (Å²) in [5.74, 6) is 0.926. The summed E-state index contributed by atoms with van der Waals surface area (Å²) in [7, 11) is 0. The molecule has 2 N–H and O–H groups in total. The number of fused-ring (bicyclic) bond motifs is 1. The number of nitrogens with one attached hydrogen (secondary N) is 2. The van der Waals surface area contributed by atoms with E-state index in [1.165, 1.54) is 25.7 Å². The van der Waals surface area contributed by atoms with Crippen LogP contribution in [0.3, 0.4) is 0 Å². The number of rotatable bonds is 5. The Balaban J connectivity index is 1.37. The molecule has 9 heteroatoms. The van der Waals surface area contributed by atoms with Gasteiger partial charge in [-0.25, -0.2) is 9.98 Å². The highest BCUT2D eigenvalue weighted by molar-refractivity contribution is 6.35. The molecule has 2 atom stereocenters. The molecule has 1 aromatic heterocycles. The van der Waals surface area contributed by atoms with E-state index in [1.54, 1.807) is 17.0 Å². The van der Waals surface area contributed by atoms with Gasteiger partial charge in [0.15, 0.2) is 5.96 Å². The van der Waals surface area contributed by atoms with Crippen LogP contribution in [0, 0.1) is 0 Å². The molecule has 7 nitrogen and oxygen atoms in total. The minimum atomic E-state index is -0.0614. The number of aryl methyl sites for hydroxylation is 2. The second-order valence-electron chi connectivity index (χ2n) is 11.1. The molecule has 2 unspecified atom stereocenters. The summed E-state index contributed by atoms with van der Waals surface area (Å²) in [5, 5.41) is 9.03. The Hall–Kier alpha value is -2.61. The molecule has 0 amide bonds. The summed E-state index contributed by atoms with van der Waals surface area (Å²) < 4.78 is 1.64. The molecular formula is C30H38Cl2N6O. The SMILES string of the molecule is CC1CN(C(=NC2CCCCCC2)Nc2ccc3c(=O)n(CCc4ccc(Cl)cc4Cl)cnc3c2)CC(C)N1. The highest BCUT2D eigenvalue weighted by Crippen LogP contribution is 2.23. The quantitative estimate of drug-likeness (QED) is 0.220. The Morgan fingerprint density at radius 2 is 1.79 bits per heavy atom. The number of nitrogens with zero attached hydrogens (tertiary/aromatic N) is 4. The van der Waals surface area contributed by atoms with Gasteiger partial charge in [-0.2, -0.15) is 0 Å². The largest absolute Gasteiger partial charge is 0.340 e. The number of hydrogen-bond acceptors (Lipinski definition) is 4. The Labute approximate surface area is 240 Å². The zero-order valence-corrected chi connectivity index (χ0v) is 24.3. The summed E-state index contributed by atoms with van der Waals surface area (Å²) >= 11 is 12.3. The van der Waals surface area contributed by atoms with Gasteiger partial charge in [0.2, 0.25) is 0 Å². The molecule has 39 heavy (non-hydrogen) atoms. The van der Waals surface area contributed by atoms with Crippen LogP contribution in [0.4, 0.5) is 5.69 Å². The van der Waals surface area contributed by atoms with Crippen molar-refractivity contribution in [2.45, 2.75) is 83.5 Å². The van der Waals surface area contributed by atoms with Crippen LogP contribution in [0.25, 0.3) is 10.9 Å². The summed E-state index contributed by atoms with van der Waals surface area (Å²) in [6.07, 6.45) is 9.61. The molecule has 0 bridgehead atoms. The highest BCUT2D eigenvalue weighted by atomic mass is 35.5. The van der Waals surface area contributed by atoms with Crippen LogP contribution in [0.15, 0.2) is 52.5 Å². The molecule has 3 aromatic rings. The third-order valence-corrected chi connectivity index (χ3v) is 8.29. The maximum absolute atomic E-state index is 13.2. The van der Waals surface area contributed by atoms with Crippen molar-refractivity contribution < 1.29 is 0 Å². The second kappa shape index (κ2) is 12.7. The molecule has 2 aliphatic rings. The molecule has 2 heterocycles. The van der Waals surface area contributed by atoms with Crippen molar-refractivity contribution in [2.75, 3.05) is 18.4 Å². The van der Waals surface area contributed by atoms with Crippen molar-refractivity contribution in [3.8, 4) is 0 Å². The Kier molecular flexibility index (Phi) is 9.10. The lowest BCUT2D eigenvalue weighted by Crippen LogP contribution is -2.57. The fourth-order valence-electron chi connectivity index (χ4n) is 5.74. The van der Waals surface area contributed by atoms with E-state index in [-0.39, 0.29) is 5.56 Å². The molecule has 2 fully saturated rings. The predicted molar refractivity (Wildman–Crippen MR) is 162 cm³/mol. The Bertz CT molecular complexity index is 1370. The summed E-state index contributed by atoms with van der Waals surface area (Å²) in [6, 6.07) is 12.3. The molecule has 1 saturated carbocycles. The van der Waals surface area contributed by atoms with E-state index in [9.17, 15) is 4.79 Å². The van der Waals surface area contributed by atoms with E-state index < -0.39 is 0 Å². The van der Waals surface area contributed by atoms with Gasteiger partial charge < -0.3 is 15.5 Å². The van der Waals surface area contributed by atoms with Crippen LogP contribution in [-0.2, 0) is 13.0 Å². The monoisotopic (exact) mass is 568 g/mol. The first kappa shape index (κ1) is 27.9. The minimum absolute atomic E-state index is 0.0614. The molecule has 1 aliphatic carbocycles. The van der Waals surface area contributed by atoms with Crippen LogP contribution in [0.2, 0.25) is 10.0 Å². The Morgan fingerprint density at radius 3 is 2.51 bits per heavy atom. The van der Waals surface area contributed by atoms with Gasteiger partial charge in [0.1, 0.15) is 0 Å². The standard InChI is InChI=1S/C30H38Cl2N6O/c1-20-17-38(18-21(2)34-20)30(35-24-7-5-3-4-6-8-24)36-25-11-12-26-28(16-25)33-19-37(29(26)39)14-13-22-9-10-23(31)15-27(22)32/h9-12,15-16,19-21,24,34H,3-8,13-14,17-18H2,1-2H3,(H,35,36). The van der Waals surface area contributed by atoms with E-state index in [1.807, 2.05) is 30.3 Å². The number of aromatic nitrogens is 2. The van der Waals surface area contributed by atoms with Gasteiger partial charge in [0.05, 0.1) is 23.3 Å². The van der Waals surface area contributed by atoms with E-state index in [2.05, 4.69) is 34.4 Å². The normalized spacial score (nSPS) is 21.2. The molecule has 0 radical (unpaired) electrons. The lowest BCUT2D eigenvalue weighted by molar-refractivity contribution is 0.253. The summed E-state index contributed by atoms with van der Waals surface area (Å²) in [5.41, 5.74) is 2.45. The van der Waals surface area contributed by atoms with Crippen molar-refractivity contribution in [1.82, 2.24) is 19.8 Å². The van der Waals surface area contributed by atoms with Crippen molar-refractivity contribution in [3.05, 3.63) is 68.7 Å². The number of guanidine groups is 1. The molecule has 1 saturated heterocycles. The zero-order valence-electron chi connectivity index (χ0n) is 22.8. The van der Waals surface area contributed by atoms with E-state index >= 15 is 0 Å². The van der Waals surface area contributed by atoms with Crippen LogP contribution >= 0.6 is 23.2 Å². The van der Waals surface area contributed by atoms with Crippen molar-refractivity contribution in [3.63, 3.8) is 0 Å². The van der Waals surface area contributed by atoms with Gasteiger partial charge in [-0.05, 0) is 69.0 Å². The summed E-state index contributed by atoms with van der Waals surface area (Å²) in [4.78, 5) is 25.5. The average Bonchev–Trinajstić information content (AvgIpc) is 3.17. The third-order valence-electron chi connectivity index (χ3n) is 7.71. The van der Waals surface area contributed by atoms with Gasteiger partial charge in [-0.3, -0.25) is 9.36 Å². The number of piperazine rings is 1. The van der Waals surface area contributed by atoms with E-state index in [0.717, 1.165) is 43.1 Å². The number of anilines is 1. The van der Waals surface area contributed by atoms with Crippen molar-refractivity contribution >= 4 is 45.8 Å². The zero-order chi connectivity index (χ0) is 27.4. The molecule has 2 aromatic carbocycles.